The van der Waals surface area contributed by atoms with E-state index in [9.17, 15) is 4.79 Å². The first-order valence-corrected chi connectivity index (χ1v) is 5.41. The normalized spacial score (nSPS) is 10.7. The van der Waals surface area contributed by atoms with Crippen LogP contribution in [-0.2, 0) is 4.74 Å². The number of primary amides is 1. The Morgan fingerprint density at radius 2 is 1.80 bits per heavy atom. The molecule has 0 heterocycles. The van der Waals surface area contributed by atoms with Crippen molar-refractivity contribution in [1.82, 2.24) is 9.80 Å². The van der Waals surface area contributed by atoms with Gasteiger partial charge in [0.15, 0.2) is 0 Å². The van der Waals surface area contributed by atoms with Gasteiger partial charge in [0.2, 0.25) is 0 Å². The average Bonchev–Trinajstić information content (AvgIpc) is 2.23. The van der Waals surface area contributed by atoms with Crippen LogP contribution in [0.5, 0.6) is 0 Å². The molecular weight excluding hydrogens is 194 g/mol. The lowest BCUT2D eigenvalue weighted by Crippen LogP contribution is -2.43. The number of rotatable bonds is 8. The third-order valence-electron chi connectivity index (χ3n) is 2.46. The van der Waals surface area contributed by atoms with Gasteiger partial charge >= 0.3 is 6.03 Å². The summed E-state index contributed by atoms with van der Waals surface area (Å²) < 4.78 is 4.92. The summed E-state index contributed by atoms with van der Waals surface area (Å²) in [7, 11) is 1.61. The molecule has 5 heteroatoms. The molecule has 0 saturated heterocycles. The zero-order valence-electron chi connectivity index (χ0n) is 10.0. The van der Waals surface area contributed by atoms with Crippen LogP contribution in [-0.4, -0.2) is 62.3 Å². The van der Waals surface area contributed by atoms with Crippen molar-refractivity contribution in [2.75, 3.05) is 46.4 Å². The quantitative estimate of drug-likeness (QED) is 0.638. The van der Waals surface area contributed by atoms with Gasteiger partial charge in [-0.05, 0) is 13.1 Å². The molecule has 90 valence electrons. The van der Waals surface area contributed by atoms with E-state index in [2.05, 4.69) is 18.7 Å². The van der Waals surface area contributed by atoms with Crippen LogP contribution < -0.4 is 5.73 Å². The molecule has 0 fully saturated rings. The van der Waals surface area contributed by atoms with E-state index in [1.807, 2.05) is 0 Å². The number of methoxy groups -OCH3 is 1. The number of hydrogen-bond acceptors (Lipinski definition) is 3. The lowest BCUT2D eigenvalue weighted by Gasteiger charge is -2.24. The van der Waals surface area contributed by atoms with Crippen LogP contribution in [0.15, 0.2) is 0 Å². The number of amides is 2. The highest BCUT2D eigenvalue weighted by molar-refractivity contribution is 5.71. The van der Waals surface area contributed by atoms with Crippen LogP contribution in [0.3, 0.4) is 0 Å². The van der Waals surface area contributed by atoms with Crippen LogP contribution in [0.1, 0.15) is 13.8 Å². The summed E-state index contributed by atoms with van der Waals surface area (Å²) >= 11 is 0. The highest BCUT2D eigenvalue weighted by atomic mass is 16.5. The summed E-state index contributed by atoms with van der Waals surface area (Å²) in [5, 5.41) is 0. The Labute approximate surface area is 92.2 Å². The minimum absolute atomic E-state index is 0.376. The smallest absolute Gasteiger partial charge is 0.314 e. The predicted octanol–water partition coefficient (Wildman–Crippen LogP) is 0.355. The second-order valence-corrected chi connectivity index (χ2v) is 3.34. The van der Waals surface area contributed by atoms with Gasteiger partial charge in [0.05, 0.1) is 6.61 Å². The van der Waals surface area contributed by atoms with E-state index in [-0.39, 0.29) is 6.03 Å². The van der Waals surface area contributed by atoms with Crippen molar-refractivity contribution in [3.63, 3.8) is 0 Å². The number of urea groups is 1. The molecule has 0 saturated carbocycles. The minimum atomic E-state index is -0.376. The second-order valence-electron chi connectivity index (χ2n) is 3.34. The minimum Gasteiger partial charge on any atom is -0.383 e. The molecule has 0 atom stereocenters. The van der Waals surface area contributed by atoms with Crippen molar-refractivity contribution in [2.24, 2.45) is 5.73 Å². The molecule has 5 nitrogen and oxygen atoms in total. The Hall–Kier alpha value is -0.810. The molecule has 0 aromatic rings. The number of hydrogen-bond donors (Lipinski definition) is 1. The predicted molar refractivity (Wildman–Crippen MR) is 60.8 cm³/mol. The molecule has 15 heavy (non-hydrogen) atoms. The van der Waals surface area contributed by atoms with Crippen molar-refractivity contribution in [3.05, 3.63) is 0 Å². The molecule has 0 aromatic carbocycles. The summed E-state index contributed by atoms with van der Waals surface area (Å²) in [5.74, 6) is 0. The van der Waals surface area contributed by atoms with Crippen LogP contribution in [0.2, 0.25) is 0 Å². The largest absolute Gasteiger partial charge is 0.383 e. The van der Waals surface area contributed by atoms with Crippen LogP contribution in [0, 0.1) is 0 Å². The zero-order chi connectivity index (χ0) is 11.7. The fraction of sp³-hybridized carbons (Fsp3) is 0.900. The Bertz CT molecular complexity index is 172. The Morgan fingerprint density at radius 1 is 1.20 bits per heavy atom. The first kappa shape index (κ1) is 14.2. The highest BCUT2D eigenvalue weighted by Gasteiger charge is 2.10. The molecule has 0 aromatic heterocycles. The first-order valence-electron chi connectivity index (χ1n) is 5.41. The summed E-state index contributed by atoms with van der Waals surface area (Å²) in [6, 6.07) is -0.376. The summed E-state index contributed by atoms with van der Waals surface area (Å²) in [6.07, 6.45) is 0. The van der Waals surface area contributed by atoms with E-state index in [4.69, 9.17) is 10.5 Å². The van der Waals surface area contributed by atoms with Gasteiger partial charge in [0.1, 0.15) is 0 Å². The maximum atomic E-state index is 11.1. The lowest BCUT2D eigenvalue weighted by molar-refractivity contribution is 0.146. The Balaban J connectivity index is 3.89. The standard InChI is InChI=1S/C10H23N3O2/c1-4-12(5-2)6-7-13(10(11)14)8-9-15-3/h4-9H2,1-3H3,(H2,11,14). The molecule has 0 aliphatic rings. The number of carbonyl (C=O) groups excluding carboxylic acids is 1. The van der Waals surface area contributed by atoms with Crippen LogP contribution in [0.4, 0.5) is 4.79 Å². The van der Waals surface area contributed by atoms with Gasteiger partial charge in [-0.25, -0.2) is 4.79 Å². The molecule has 0 rings (SSSR count). The molecule has 0 radical (unpaired) electrons. The molecule has 0 aliphatic carbocycles. The molecule has 2 amide bonds. The Kier molecular flexibility index (Phi) is 8.04. The maximum absolute atomic E-state index is 11.1. The van der Waals surface area contributed by atoms with Gasteiger partial charge in [-0.15, -0.1) is 0 Å². The van der Waals surface area contributed by atoms with Gasteiger partial charge in [-0.2, -0.15) is 0 Å². The average molecular weight is 217 g/mol. The fourth-order valence-corrected chi connectivity index (χ4v) is 1.34. The number of nitrogens with two attached hydrogens (primary N) is 1. The molecule has 0 spiro atoms. The van der Waals surface area contributed by atoms with E-state index in [0.717, 1.165) is 19.6 Å². The van der Waals surface area contributed by atoms with Crippen molar-refractivity contribution in [3.8, 4) is 0 Å². The topological polar surface area (TPSA) is 58.8 Å². The van der Waals surface area contributed by atoms with Crippen molar-refractivity contribution in [1.29, 1.82) is 0 Å². The molecular formula is C10H23N3O2. The number of carbonyl (C=O) groups is 1. The van der Waals surface area contributed by atoms with E-state index in [1.54, 1.807) is 12.0 Å². The molecule has 0 aliphatic heterocycles. The first-order chi connectivity index (χ1) is 7.15. The SMILES string of the molecule is CCN(CC)CCN(CCOC)C(N)=O. The van der Waals surface area contributed by atoms with Gasteiger partial charge < -0.3 is 20.3 Å². The maximum Gasteiger partial charge on any atom is 0.314 e. The van der Waals surface area contributed by atoms with Crippen LogP contribution in [0.25, 0.3) is 0 Å². The van der Waals surface area contributed by atoms with E-state index < -0.39 is 0 Å². The summed E-state index contributed by atoms with van der Waals surface area (Å²) in [4.78, 5) is 14.9. The lowest BCUT2D eigenvalue weighted by atomic mass is 10.4. The Morgan fingerprint density at radius 3 is 2.20 bits per heavy atom. The van der Waals surface area contributed by atoms with Crippen molar-refractivity contribution < 1.29 is 9.53 Å². The molecule has 0 bridgehead atoms. The third kappa shape index (κ3) is 6.30. The van der Waals surface area contributed by atoms with Gasteiger partial charge in [0, 0.05) is 26.7 Å². The third-order valence-corrected chi connectivity index (χ3v) is 2.46. The highest BCUT2D eigenvalue weighted by Crippen LogP contribution is 1.92. The number of likely N-dealkylation sites (N-methyl/N-ethyl adjacent to an activating group) is 1. The van der Waals surface area contributed by atoms with E-state index in [1.165, 1.54) is 0 Å². The molecule has 0 unspecified atom stereocenters. The van der Waals surface area contributed by atoms with Crippen LogP contribution >= 0.6 is 0 Å². The van der Waals surface area contributed by atoms with E-state index >= 15 is 0 Å². The zero-order valence-corrected chi connectivity index (χ0v) is 10.0. The monoisotopic (exact) mass is 217 g/mol. The fourth-order valence-electron chi connectivity index (χ4n) is 1.34. The van der Waals surface area contributed by atoms with E-state index in [0.29, 0.717) is 19.7 Å². The molecule has 2 N–H and O–H groups in total. The van der Waals surface area contributed by atoms with Crippen molar-refractivity contribution in [2.45, 2.75) is 13.8 Å². The number of ether oxygens (including phenoxy) is 1. The van der Waals surface area contributed by atoms with Gasteiger partial charge in [-0.3, -0.25) is 0 Å². The summed E-state index contributed by atoms with van der Waals surface area (Å²) in [5.41, 5.74) is 5.26. The van der Waals surface area contributed by atoms with Gasteiger partial charge in [0.25, 0.3) is 0 Å². The van der Waals surface area contributed by atoms with Crippen molar-refractivity contribution >= 4 is 6.03 Å². The van der Waals surface area contributed by atoms with Gasteiger partial charge in [-0.1, -0.05) is 13.8 Å². The number of nitrogens with zero attached hydrogens (tertiary/aromatic N) is 2. The summed E-state index contributed by atoms with van der Waals surface area (Å²) in [6.45, 7) is 8.82. The second kappa shape index (κ2) is 8.49.